The number of anilines is 1. The van der Waals surface area contributed by atoms with E-state index >= 15 is 0 Å². The molecule has 1 aromatic carbocycles. The van der Waals surface area contributed by atoms with Crippen LogP contribution in [0.25, 0.3) is 0 Å². The number of piperidine rings is 1. The highest BCUT2D eigenvalue weighted by Gasteiger charge is 2.28. The lowest BCUT2D eigenvalue weighted by atomic mass is 9.95. The van der Waals surface area contributed by atoms with Crippen molar-refractivity contribution < 1.29 is 4.79 Å². The first-order valence-corrected chi connectivity index (χ1v) is 7.31. The Morgan fingerprint density at radius 1 is 1.40 bits per heavy atom. The number of likely N-dealkylation sites (tertiary alicyclic amines) is 1. The van der Waals surface area contributed by atoms with Crippen LogP contribution >= 0.6 is 0 Å². The molecule has 0 radical (unpaired) electrons. The van der Waals surface area contributed by atoms with Crippen LogP contribution in [0.2, 0.25) is 0 Å². The van der Waals surface area contributed by atoms with Crippen LogP contribution in [-0.2, 0) is 4.79 Å². The van der Waals surface area contributed by atoms with Gasteiger partial charge in [-0.05, 0) is 45.4 Å². The lowest BCUT2D eigenvalue weighted by Gasteiger charge is -2.35. The van der Waals surface area contributed by atoms with Crippen molar-refractivity contribution in [1.82, 2.24) is 4.90 Å². The van der Waals surface area contributed by atoms with Gasteiger partial charge in [0.1, 0.15) is 0 Å². The Morgan fingerprint density at radius 3 is 2.75 bits per heavy atom. The molecule has 3 N–H and O–H groups in total. The number of nitrogens with two attached hydrogens (primary N) is 1. The monoisotopic (exact) mass is 275 g/mol. The first-order chi connectivity index (χ1) is 9.44. The molecule has 1 aliphatic heterocycles. The van der Waals surface area contributed by atoms with Crippen molar-refractivity contribution in [2.75, 3.05) is 25.0 Å². The Hall–Kier alpha value is -1.39. The van der Waals surface area contributed by atoms with E-state index < -0.39 is 0 Å². The summed E-state index contributed by atoms with van der Waals surface area (Å²) in [6.45, 7) is 6.73. The van der Waals surface area contributed by atoms with Crippen LogP contribution < -0.4 is 11.1 Å². The topological polar surface area (TPSA) is 58.4 Å². The van der Waals surface area contributed by atoms with Crippen molar-refractivity contribution in [3.8, 4) is 0 Å². The van der Waals surface area contributed by atoms with Gasteiger partial charge in [-0.1, -0.05) is 18.2 Å². The number of hydrogen-bond donors (Lipinski definition) is 2. The molecule has 0 aliphatic carbocycles. The van der Waals surface area contributed by atoms with Gasteiger partial charge in [-0.15, -0.1) is 0 Å². The minimum Gasteiger partial charge on any atom is -0.326 e. The maximum Gasteiger partial charge on any atom is 0.228 e. The van der Waals surface area contributed by atoms with E-state index in [1.807, 2.05) is 44.2 Å². The third-order valence-corrected chi connectivity index (χ3v) is 3.55. The van der Waals surface area contributed by atoms with E-state index in [1.54, 1.807) is 0 Å². The third-order valence-electron chi connectivity index (χ3n) is 3.55. The molecule has 1 amide bonds. The molecule has 0 spiro atoms. The molecule has 1 aliphatic rings. The molecule has 1 heterocycles. The lowest BCUT2D eigenvalue weighted by Crippen LogP contribution is -2.50. The van der Waals surface area contributed by atoms with E-state index in [0.29, 0.717) is 0 Å². The molecule has 0 bridgehead atoms. The van der Waals surface area contributed by atoms with Crippen LogP contribution in [0.5, 0.6) is 0 Å². The van der Waals surface area contributed by atoms with Gasteiger partial charge in [0.15, 0.2) is 0 Å². The summed E-state index contributed by atoms with van der Waals surface area (Å²) in [6, 6.07) is 9.64. The van der Waals surface area contributed by atoms with Gasteiger partial charge in [0.05, 0.1) is 5.92 Å². The number of carbonyl (C=O) groups is 1. The zero-order valence-corrected chi connectivity index (χ0v) is 12.4. The number of amides is 1. The van der Waals surface area contributed by atoms with Crippen molar-refractivity contribution >= 4 is 11.6 Å². The summed E-state index contributed by atoms with van der Waals surface area (Å²) in [4.78, 5) is 14.6. The molecule has 0 saturated carbocycles. The average Bonchev–Trinajstić information content (AvgIpc) is 2.38. The van der Waals surface area contributed by atoms with E-state index in [9.17, 15) is 4.79 Å². The molecule has 1 unspecified atom stereocenters. The van der Waals surface area contributed by atoms with E-state index in [0.717, 1.165) is 38.2 Å². The maximum absolute atomic E-state index is 12.3. The number of rotatable bonds is 4. The van der Waals surface area contributed by atoms with Crippen LogP contribution in [0, 0.1) is 5.92 Å². The Bertz CT molecular complexity index is 439. The average molecular weight is 275 g/mol. The van der Waals surface area contributed by atoms with Crippen LogP contribution in [0.1, 0.15) is 26.7 Å². The highest BCUT2D eigenvalue weighted by atomic mass is 16.1. The van der Waals surface area contributed by atoms with Gasteiger partial charge < -0.3 is 16.0 Å². The first kappa shape index (κ1) is 15.0. The van der Waals surface area contributed by atoms with Gasteiger partial charge in [0, 0.05) is 24.3 Å². The number of benzene rings is 1. The molecule has 2 rings (SSSR count). The zero-order valence-electron chi connectivity index (χ0n) is 12.4. The first-order valence-electron chi connectivity index (χ1n) is 7.31. The summed E-state index contributed by atoms with van der Waals surface area (Å²) in [6.07, 6.45) is 2.02. The number of para-hydroxylation sites is 1. The van der Waals surface area contributed by atoms with Gasteiger partial charge in [-0.25, -0.2) is 0 Å². The fraction of sp³-hybridized carbons (Fsp3) is 0.562. The quantitative estimate of drug-likeness (QED) is 0.884. The highest BCUT2D eigenvalue weighted by Crippen LogP contribution is 2.20. The van der Waals surface area contributed by atoms with Gasteiger partial charge in [-0.2, -0.15) is 0 Å². The van der Waals surface area contributed by atoms with E-state index in [4.69, 9.17) is 5.73 Å². The second kappa shape index (κ2) is 6.37. The highest BCUT2D eigenvalue weighted by molar-refractivity contribution is 5.92. The minimum atomic E-state index is -0.211. The molecule has 4 heteroatoms. The Balaban J connectivity index is 1.90. The molecule has 1 aromatic rings. The summed E-state index contributed by atoms with van der Waals surface area (Å²) in [5.41, 5.74) is 6.73. The van der Waals surface area contributed by atoms with Crippen LogP contribution in [0.3, 0.4) is 0 Å². The lowest BCUT2D eigenvalue weighted by molar-refractivity contribution is -0.121. The van der Waals surface area contributed by atoms with Crippen LogP contribution in [0.15, 0.2) is 30.3 Å². The smallest absolute Gasteiger partial charge is 0.228 e. The second-order valence-electron chi connectivity index (χ2n) is 6.42. The molecular formula is C16H25N3O. The number of nitrogens with zero attached hydrogens (tertiary/aromatic N) is 1. The number of carbonyl (C=O) groups excluding carboxylic acids is 1. The van der Waals surface area contributed by atoms with Crippen molar-refractivity contribution in [2.45, 2.75) is 32.2 Å². The molecule has 20 heavy (non-hydrogen) atoms. The molecule has 0 aromatic heterocycles. The second-order valence-corrected chi connectivity index (χ2v) is 6.42. The minimum absolute atomic E-state index is 0.0614. The Labute approximate surface area is 121 Å². The van der Waals surface area contributed by atoms with Crippen molar-refractivity contribution in [3.63, 3.8) is 0 Å². The Morgan fingerprint density at radius 2 is 2.10 bits per heavy atom. The largest absolute Gasteiger partial charge is 0.326 e. The molecular weight excluding hydrogens is 250 g/mol. The van der Waals surface area contributed by atoms with E-state index in [1.165, 1.54) is 0 Å². The zero-order chi connectivity index (χ0) is 14.6. The molecule has 1 saturated heterocycles. The van der Waals surface area contributed by atoms with Crippen molar-refractivity contribution in [3.05, 3.63) is 30.3 Å². The normalized spacial score (nSPS) is 20.6. The fourth-order valence-corrected chi connectivity index (χ4v) is 2.76. The molecule has 4 nitrogen and oxygen atoms in total. The summed E-state index contributed by atoms with van der Waals surface area (Å²) in [7, 11) is 0. The van der Waals surface area contributed by atoms with Gasteiger partial charge >= 0.3 is 0 Å². The predicted octanol–water partition coefficient (Wildman–Crippen LogP) is 2.07. The van der Waals surface area contributed by atoms with Crippen molar-refractivity contribution in [1.29, 1.82) is 0 Å². The van der Waals surface area contributed by atoms with Gasteiger partial charge in [0.25, 0.3) is 0 Å². The van der Waals surface area contributed by atoms with Crippen molar-refractivity contribution in [2.24, 2.45) is 11.7 Å². The van der Waals surface area contributed by atoms with Gasteiger partial charge in [0.2, 0.25) is 5.91 Å². The van der Waals surface area contributed by atoms with Crippen LogP contribution in [0.4, 0.5) is 5.69 Å². The summed E-state index contributed by atoms with van der Waals surface area (Å²) in [5.74, 6) is 0.182. The number of hydrogen-bond acceptors (Lipinski definition) is 3. The summed E-state index contributed by atoms with van der Waals surface area (Å²) in [5, 5.41) is 3.00. The Kier molecular flexibility index (Phi) is 4.78. The van der Waals surface area contributed by atoms with E-state index in [-0.39, 0.29) is 17.4 Å². The predicted molar refractivity (Wildman–Crippen MR) is 82.5 cm³/mol. The summed E-state index contributed by atoms with van der Waals surface area (Å²) < 4.78 is 0. The molecule has 110 valence electrons. The standard InChI is InChI=1S/C16H25N3O/c1-16(2,17)12-19-10-6-7-13(11-19)15(20)18-14-8-4-3-5-9-14/h3-5,8-9,13H,6-7,10-12,17H2,1-2H3,(H,18,20). The maximum atomic E-state index is 12.3. The van der Waals surface area contributed by atoms with E-state index in [2.05, 4.69) is 10.2 Å². The summed E-state index contributed by atoms with van der Waals surface area (Å²) >= 11 is 0. The molecule has 1 atom stereocenters. The fourth-order valence-electron chi connectivity index (χ4n) is 2.76. The SMILES string of the molecule is CC(C)(N)CN1CCCC(C(=O)Nc2ccccc2)C1. The molecule has 1 fully saturated rings. The van der Waals surface area contributed by atoms with Crippen LogP contribution in [-0.4, -0.2) is 36.0 Å². The van der Waals surface area contributed by atoms with Gasteiger partial charge in [-0.3, -0.25) is 4.79 Å². The third kappa shape index (κ3) is 4.62. The number of nitrogens with one attached hydrogen (secondary N) is 1.